The molecule has 5 nitrogen and oxygen atoms in total. The van der Waals surface area contributed by atoms with Gasteiger partial charge in [0.1, 0.15) is 12.1 Å². The van der Waals surface area contributed by atoms with Crippen molar-refractivity contribution >= 4 is 17.3 Å². The van der Waals surface area contributed by atoms with Crippen LogP contribution in [0.25, 0.3) is 0 Å². The minimum atomic E-state index is 0.594. The van der Waals surface area contributed by atoms with Crippen LogP contribution in [0.2, 0.25) is 5.02 Å². The normalized spacial score (nSPS) is 10.3. The summed E-state index contributed by atoms with van der Waals surface area (Å²) < 4.78 is 7.00. The molecular formula is C11H13ClN4O. The number of aromatic nitrogens is 3. The first-order valence-corrected chi connectivity index (χ1v) is 5.49. The number of nitrogens with zero attached hydrogens (tertiary/aromatic N) is 3. The van der Waals surface area contributed by atoms with Gasteiger partial charge in [-0.05, 0) is 12.1 Å². The van der Waals surface area contributed by atoms with Gasteiger partial charge in [-0.2, -0.15) is 0 Å². The molecule has 0 saturated heterocycles. The van der Waals surface area contributed by atoms with E-state index in [1.54, 1.807) is 19.5 Å². The summed E-state index contributed by atoms with van der Waals surface area (Å²) in [5, 5.41) is 11.6. The zero-order valence-electron chi connectivity index (χ0n) is 9.64. The van der Waals surface area contributed by atoms with Crippen molar-refractivity contribution in [3.05, 3.63) is 35.4 Å². The van der Waals surface area contributed by atoms with E-state index in [1.165, 1.54) is 0 Å². The number of ether oxygens (including phenoxy) is 1. The average Bonchev–Trinajstić information content (AvgIpc) is 2.74. The summed E-state index contributed by atoms with van der Waals surface area (Å²) in [6.45, 7) is 0.598. The number of rotatable bonds is 4. The molecule has 0 amide bonds. The Bertz CT molecular complexity index is 512. The molecule has 0 saturated carbocycles. The molecule has 0 atom stereocenters. The second-order valence-electron chi connectivity index (χ2n) is 3.56. The van der Waals surface area contributed by atoms with Gasteiger partial charge in [0.25, 0.3) is 0 Å². The van der Waals surface area contributed by atoms with E-state index in [9.17, 15) is 0 Å². The van der Waals surface area contributed by atoms with Gasteiger partial charge in [0, 0.05) is 18.8 Å². The van der Waals surface area contributed by atoms with E-state index in [-0.39, 0.29) is 0 Å². The molecule has 1 heterocycles. The summed E-state index contributed by atoms with van der Waals surface area (Å²) in [6.07, 6.45) is 1.67. The molecule has 0 bridgehead atoms. The minimum absolute atomic E-state index is 0.594. The zero-order chi connectivity index (χ0) is 12.3. The molecule has 6 heteroatoms. The monoisotopic (exact) mass is 252 g/mol. The molecule has 2 aromatic rings. The van der Waals surface area contributed by atoms with Crippen LogP contribution in [-0.4, -0.2) is 21.9 Å². The molecule has 1 aromatic heterocycles. The van der Waals surface area contributed by atoms with Crippen molar-refractivity contribution in [1.29, 1.82) is 0 Å². The van der Waals surface area contributed by atoms with E-state index < -0.39 is 0 Å². The molecule has 1 aromatic carbocycles. The van der Waals surface area contributed by atoms with Crippen LogP contribution in [0, 0.1) is 0 Å². The SMILES string of the molecule is COc1cc(NCc2nncn2C)ccc1Cl. The summed E-state index contributed by atoms with van der Waals surface area (Å²) in [7, 11) is 3.49. The molecule has 0 spiro atoms. The van der Waals surface area contributed by atoms with Crippen LogP contribution in [0.1, 0.15) is 5.82 Å². The van der Waals surface area contributed by atoms with Gasteiger partial charge in [0.2, 0.25) is 0 Å². The predicted molar refractivity (Wildman–Crippen MR) is 66.3 cm³/mol. The van der Waals surface area contributed by atoms with Gasteiger partial charge in [0.15, 0.2) is 5.82 Å². The standard InChI is InChI=1S/C11H13ClN4O/c1-16-7-14-15-11(16)6-13-8-3-4-9(12)10(5-8)17-2/h3-5,7,13H,6H2,1-2H3. The van der Waals surface area contributed by atoms with Gasteiger partial charge in [-0.15, -0.1) is 10.2 Å². The van der Waals surface area contributed by atoms with Crippen molar-refractivity contribution in [2.45, 2.75) is 6.54 Å². The highest BCUT2D eigenvalue weighted by Crippen LogP contribution is 2.27. The molecule has 0 fully saturated rings. The lowest BCUT2D eigenvalue weighted by atomic mass is 10.3. The van der Waals surface area contributed by atoms with Crippen LogP contribution in [-0.2, 0) is 13.6 Å². The van der Waals surface area contributed by atoms with Gasteiger partial charge in [-0.3, -0.25) is 0 Å². The number of aryl methyl sites for hydroxylation is 1. The van der Waals surface area contributed by atoms with Crippen molar-refractivity contribution in [3.8, 4) is 5.75 Å². The van der Waals surface area contributed by atoms with Crippen LogP contribution in [0.4, 0.5) is 5.69 Å². The Hall–Kier alpha value is -1.75. The Balaban J connectivity index is 2.07. The first kappa shape index (κ1) is 11.7. The van der Waals surface area contributed by atoms with E-state index in [1.807, 2.05) is 23.7 Å². The lowest BCUT2D eigenvalue weighted by Gasteiger charge is -2.08. The Morgan fingerprint density at radius 3 is 2.94 bits per heavy atom. The third-order valence-electron chi connectivity index (χ3n) is 2.41. The number of hydrogen-bond acceptors (Lipinski definition) is 4. The average molecular weight is 253 g/mol. The number of benzene rings is 1. The number of nitrogens with one attached hydrogen (secondary N) is 1. The predicted octanol–water partition coefficient (Wildman–Crippen LogP) is 2.09. The first-order chi connectivity index (χ1) is 8.20. The fourth-order valence-electron chi connectivity index (χ4n) is 1.42. The molecule has 0 aliphatic heterocycles. The second-order valence-corrected chi connectivity index (χ2v) is 3.97. The minimum Gasteiger partial charge on any atom is -0.495 e. The number of hydrogen-bond donors (Lipinski definition) is 1. The highest BCUT2D eigenvalue weighted by molar-refractivity contribution is 6.32. The quantitative estimate of drug-likeness (QED) is 0.905. The maximum absolute atomic E-state index is 5.94. The fourth-order valence-corrected chi connectivity index (χ4v) is 1.61. The smallest absolute Gasteiger partial charge is 0.151 e. The molecule has 0 aliphatic carbocycles. The topological polar surface area (TPSA) is 52.0 Å². The lowest BCUT2D eigenvalue weighted by molar-refractivity contribution is 0.415. The molecule has 17 heavy (non-hydrogen) atoms. The van der Waals surface area contributed by atoms with Crippen LogP contribution >= 0.6 is 11.6 Å². The zero-order valence-corrected chi connectivity index (χ0v) is 10.4. The van der Waals surface area contributed by atoms with Crippen molar-refractivity contribution in [2.75, 3.05) is 12.4 Å². The number of halogens is 1. The van der Waals surface area contributed by atoms with Gasteiger partial charge in [-0.1, -0.05) is 11.6 Å². The van der Waals surface area contributed by atoms with Gasteiger partial charge < -0.3 is 14.6 Å². The van der Waals surface area contributed by atoms with Crippen LogP contribution < -0.4 is 10.1 Å². The molecular weight excluding hydrogens is 240 g/mol. The van der Waals surface area contributed by atoms with Crippen LogP contribution in [0.3, 0.4) is 0 Å². The van der Waals surface area contributed by atoms with Crippen molar-refractivity contribution in [1.82, 2.24) is 14.8 Å². The summed E-state index contributed by atoms with van der Waals surface area (Å²) in [5.74, 6) is 1.51. The van der Waals surface area contributed by atoms with E-state index in [0.717, 1.165) is 11.5 Å². The molecule has 2 rings (SSSR count). The Kier molecular flexibility index (Phi) is 3.49. The largest absolute Gasteiger partial charge is 0.495 e. The van der Waals surface area contributed by atoms with Crippen LogP contribution in [0.15, 0.2) is 24.5 Å². The molecule has 90 valence electrons. The molecule has 0 aliphatic rings. The number of methoxy groups -OCH3 is 1. The van der Waals surface area contributed by atoms with E-state index in [0.29, 0.717) is 17.3 Å². The molecule has 0 radical (unpaired) electrons. The molecule has 1 N–H and O–H groups in total. The fraction of sp³-hybridized carbons (Fsp3) is 0.273. The van der Waals surface area contributed by atoms with Gasteiger partial charge >= 0.3 is 0 Å². The van der Waals surface area contributed by atoms with Crippen molar-refractivity contribution in [3.63, 3.8) is 0 Å². The first-order valence-electron chi connectivity index (χ1n) is 5.11. The van der Waals surface area contributed by atoms with E-state index in [2.05, 4.69) is 15.5 Å². The number of anilines is 1. The third kappa shape index (κ3) is 2.68. The maximum atomic E-state index is 5.94. The highest BCUT2D eigenvalue weighted by Gasteiger charge is 2.03. The maximum Gasteiger partial charge on any atom is 0.151 e. The summed E-state index contributed by atoms with van der Waals surface area (Å²) in [6, 6.07) is 5.53. The summed E-state index contributed by atoms with van der Waals surface area (Å²) in [5.41, 5.74) is 0.925. The molecule has 0 unspecified atom stereocenters. The lowest BCUT2D eigenvalue weighted by Crippen LogP contribution is -2.05. The van der Waals surface area contributed by atoms with Crippen molar-refractivity contribution in [2.24, 2.45) is 7.05 Å². The summed E-state index contributed by atoms with van der Waals surface area (Å²) in [4.78, 5) is 0. The van der Waals surface area contributed by atoms with Crippen LogP contribution in [0.5, 0.6) is 5.75 Å². The van der Waals surface area contributed by atoms with E-state index >= 15 is 0 Å². The Morgan fingerprint density at radius 2 is 2.29 bits per heavy atom. The Morgan fingerprint density at radius 1 is 1.47 bits per heavy atom. The Labute approximate surface area is 104 Å². The third-order valence-corrected chi connectivity index (χ3v) is 2.72. The van der Waals surface area contributed by atoms with Gasteiger partial charge in [0.05, 0.1) is 18.7 Å². The highest BCUT2D eigenvalue weighted by atomic mass is 35.5. The van der Waals surface area contributed by atoms with Gasteiger partial charge in [-0.25, -0.2) is 0 Å². The van der Waals surface area contributed by atoms with E-state index in [4.69, 9.17) is 16.3 Å². The summed E-state index contributed by atoms with van der Waals surface area (Å²) >= 11 is 5.94. The second kappa shape index (κ2) is 5.05. The van der Waals surface area contributed by atoms with Crippen molar-refractivity contribution < 1.29 is 4.74 Å².